The highest BCUT2D eigenvalue weighted by Gasteiger charge is 2.25. The number of carbonyl (C=O) groups is 1. The highest BCUT2D eigenvalue weighted by Crippen LogP contribution is 2.28. The minimum Gasteiger partial charge on any atom is -0.371 e. The van der Waals surface area contributed by atoms with E-state index in [-0.39, 0.29) is 11.8 Å². The Labute approximate surface area is 131 Å². The van der Waals surface area contributed by atoms with Crippen molar-refractivity contribution in [2.75, 3.05) is 31.6 Å². The number of rotatable bonds is 5. The standard InChI is InChI=1S/C16H24ClN3O/c1-3-19-11-13-10-14(17)4-5-15(13)20-8-6-12(7-9-20)16(21)18-2/h4-5,10,12,19H,3,6-9,11H2,1-2H3,(H,18,21). The normalized spacial score (nSPS) is 16.0. The molecular weight excluding hydrogens is 286 g/mol. The maximum atomic E-state index is 11.7. The summed E-state index contributed by atoms with van der Waals surface area (Å²) < 4.78 is 0. The molecule has 0 radical (unpaired) electrons. The monoisotopic (exact) mass is 309 g/mol. The molecule has 0 unspecified atom stereocenters. The first-order valence-electron chi connectivity index (χ1n) is 7.61. The van der Waals surface area contributed by atoms with E-state index in [1.807, 2.05) is 12.1 Å². The Morgan fingerprint density at radius 2 is 2.10 bits per heavy atom. The summed E-state index contributed by atoms with van der Waals surface area (Å²) in [5, 5.41) is 6.88. The van der Waals surface area contributed by atoms with Crippen LogP contribution in [0.2, 0.25) is 5.02 Å². The molecule has 1 aliphatic rings. The number of nitrogens with zero attached hydrogens (tertiary/aromatic N) is 1. The molecular formula is C16H24ClN3O. The van der Waals surface area contributed by atoms with Crippen molar-refractivity contribution in [3.05, 3.63) is 28.8 Å². The van der Waals surface area contributed by atoms with Crippen LogP contribution in [0.4, 0.5) is 5.69 Å². The summed E-state index contributed by atoms with van der Waals surface area (Å²) in [4.78, 5) is 14.1. The van der Waals surface area contributed by atoms with Crippen LogP contribution in [0.25, 0.3) is 0 Å². The SMILES string of the molecule is CCNCc1cc(Cl)ccc1N1CCC(C(=O)NC)CC1. The Morgan fingerprint density at radius 1 is 1.38 bits per heavy atom. The molecule has 1 aromatic rings. The van der Waals surface area contributed by atoms with E-state index in [0.717, 1.165) is 44.0 Å². The van der Waals surface area contributed by atoms with E-state index in [0.29, 0.717) is 0 Å². The summed E-state index contributed by atoms with van der Waals surface area (Å²) >= 11 is 6.12. The van der Waals surface area contributed by atoms with Crippen molar-refractivity contribution in [1.29, 1.82) is 0 Å². The van der Waals surface area contributed by atoms with Gasteiger partial charge in [0, 0.05) is 43.3 Å². The highest BCUT2D eigenvalue weighted by molar-refractivity contribution is 6.30. The topological polar surface area (TPSA) is 44.4 Å². The molecule has 0 aromatic heterocycles. The molecule has 2 rings (SSSR count). The van der Waals surface area contributed by atoms with Crippen molar-refractivity contribution in [2.45, 2.75) is 26.3 Å². The second kappa shape index (κ2) is 7.66. The molecule has 0 bridgehead atoms. The van der Waals surface area contributed by atoms with E-state index >= 15 is 0 Å². The molecule has 1 aliphatic heterocycles. The fourth-order valence-electron chi connectivity index (χ4n) is 2.85. The maximum Gasteiger partial charge on any atom is 0.222 e. The van der Waals surface area contributed by atoms with Crippen LogP contribution in [0.1, 0.15) is 25.3 Å². The lowest BCUT2D eigenvalue weighted by Crippen LogP contribution is -2.40. The Kier molecular flexibility index (Phi) is 5.88. The third-order valence-electron chi connectivity index (χ3n) is 4.06. The predicted octanol–water partition coefficient (Wildman–Crippen LogP) is 2.41. The van der Waals surface area contributed by atoms with Crippen molar-refractivity contribution in [3.8, 4) is 0 Å². The van der Waals surface area contributed by atoms with E-state index in [4.69, 9.17) is 11.6 Å². The summed E-state index contributed by atoms with van der Waals surface area (Å²) in [5.74, 6) is 0.314. The van der Waals surface area contributed by atoms with Crippen molar-refractivity contribution in [1.82, 2.24) is 10.6 Å². The van der Waals surface area contributed by atoms with E-state index in [1.165, 1.54) is 11.3 Å². The predicted molar refractivity (Wildman–Crippen MR) is 87.8 cm³/mol. The lowest BCUT2D eigenvalue weighted by molar-refractivity contribution is -0.125. The molecule has 0 atom stereocenters. The quantitative estimate of drug-likeness (QED) is 0.878. The first-order valence-corrected chi connectivity index (χ1v) is 7.99. The third-order valence-corrected chi connectivity index (χ3v) is 4.29. The van der Waals surface area contributed by atoms with Crippen LogP contribution in [0.15, 0.2) is 18.2 Å². The van der Waals surface area contributed by atoms with Gasteiger partial charge in [-0.3, -0.25) is 4.79 Å². The van der Waals surface area contributed by atoms with Crippen LogP contribution >= 0.6 is 11.6 Å². The zero-order valence-corrected chi connectivity index (χ0v) is 13.5. The Hall–Kier alpha value is -1.26. The molecule has 1 fully saturated rings. The number of carbonyl (C=O) groups excluding carboxylic acids is 1. The molecule has 116 valence electrons. The first-order chi connectivity index (χ1) is 10.2. The first kappa shape index (κ1) is 16.1. The largest absolute Gasteiger partial charge is 0.371 e. The molecule has 0 spiro atoms. The number of halogens is 1. The number of amides is 1. The second-order valence-corrected chi connectivity index (χ2v) is 5.87. The zero-order valence-electron chi connectivity index (χ0n) is 12.8. The van der Waals surface area contributed by atoms with Crippen LogP contribution in [0.3, 0.4) is 0 Å². The Morgan fingerprint density at radius 3 is 2.71 bits per heavy atom. The summed E-state index contributed by atoms with van der Waals surface area (Å²) in [7, 11) is 1.71. The minimum atomic E-state index is 0.149. The molecule has 5 heteroatoms. The van der Waals surface area contributed by atoms with Gasteiger partial charge in [-0.15, -0.1) is 0 Å². The van der Waals surface area contributed by atoms with Gasteiger partial charge in [0.1, 0.15) is 0 Å². The summed E-state index contributed by atoms with van der Waals surface area (Å²) in [6.45, 7) is 5.68. The van der Waals surface area contributed by atoms with Crippen molar-refractivity contribution in [2.24, 2.45) is 5.92 Å². The van der Waals surface area contributed by atoms with E-state index < -0.39 is 0 Å². The van der Waals surface area contributed by atoms with Gasteiger partial charge in [-0.05, 0) is 43.1 Å². The van der Waals surface area contributed by atoms with Gasteiger partial charge < -0.3 is 15.5 Å². The molecule has 1 aromatic carbocycles. The molecule has 1 saturated heterocycles. The van der Waals surface area contributed by atoms with Crippen LogP contribution in [0.5, 0.6) is 0 Å². The molecule has 0 aliphatic carbocycles. The van der Waals surface area contributed by atoms with E-state index in [9.17, 15) is 4.79 Å². The Balaban J connectivity index is 2.07. The van der Waals surface area contributed by atoms with Gasteiger partial charge in [-0.1, -0.05) is 18.5 Å². The van der Waals surface area contributed by atoms with Gasteiger partial charge in [0.05, 0.1) is 0 Å². The molecule has 1 heterocycles. The van der Waals surface area contributed by atoms with Gasteiger partial charge in [0.25, 0.3) is 0 Å². The van der Waals surface area contributed by atoms with E-state index in [1.54, 1.807) is 7.05 Å². The van der Waals surface area contributed by atoms with Gasteiger partial charge in [-0.2, -0.15) is 0 Å². The summed E-state index contributed by atoms with van der Waals surface area (Å²) in [6, 6.07) is 6.07. The lowest BCUT2D eigenvalue weighted by atomic mass is 9.95. The fourth-order valence-corrected chi connectivity index (χ4v) is 3.05. The second-order valence-electron chi connectivity index (χ2n) is 5.43. The zero-order chi connectivity index (χ0) is 15.2. The number of anilines is 1. The fraction of sp³-hybridized carbons (Fsp3) is 0.562. The number of benzene rings is 1. The molecule has 0 saturated carbocycles. The lowest BCUT2D eigenvalue weighted by Gasteiger charge is -2.34. The van der Waals surface area contributed by atoms with Crippen molar-refractivity contribution < 1.29 is 4.79 Å². The maximum absolute atomic E-state index is 11.7. The Bertz CT molecular complexity index is 484. The number of piperidine rings is 1. The van der Waals surface area contributed by atoms with Gasteiger partial charge in [-0.25, -0.2) is 0 Å². The molecule has 2 N–H and O–H groups in total. The average molecular weight is 310 g/mol. The molecule has 21 heavy (non-hydrogen) atoms. The number of nitrogens with one attached hydrogen (secondary N) is 2. The summed E-state index contributed by atoms with van der Waals surface area (Å²) in [6.07, 6.45) is 1.81. The number of hydrogen-bond acceptors (Lipinski definition) is 3. The van der Waals surface area contributed by atoms with E-state index in [2.05, 4.69) is 28.5 Å². The molecule has 1 amide bonds. The average Bonchev–Trinajstić information content (AvgIpc) is 2.52. The van der Waals surface area contributed by atoms with Crippen LogP contribution in [-0.4, -0.2) is 32.6 Å². The van der Waals surface area contributed by atoms with Crippen LogP contribution < -0.4 is 15.5 Å². The van der Waals surface area contributed by atoms with Crippen molar-refractivity contribution in [3.63, 3.8) is 0 Å². The van der Waals surface area contributed by atoms with Crippen molar-refractivity contribution >= 4 is 23.2 Å². The minimum absolute atomic E-state index is 0.149. The third kappa shape index (κ3) is 4.11. The van der Waals surface area contributed by atoms with Gasteiger partial charge in [0.15, 0.2) is 0 Å². The number of hydrogen-bond donors (Lipinski definition) is 2. The van der Waals surface area contributed by atoms with Crippen LogP contribution in [0, 0.1) is 5.92 Å². The molecule has 4 nitrogen and oxygen atoms in total. The van der Waals surface area contributed by atoms with Crippen LogP contribution in [-0.2, 0) is 11.3 Å². The smallest absolute Gasteiger partial charge is 0.222 e. The van der Waals surface area contributed by atoms with Gasteiger partial charge >= 0.3 is 0 Å². The highest BCUT2D eigenvalue weighted by atomic mass is 35.5. The van der Waals surface area contributed by atoms with Gasteiger partial charge in [0.2, 0.25) is 5.91 Å². The summed E-state index contributed by atoms with van der Waals surface area (Å²) in [5.41, 5.74) is 2.46.